The Balaban J connectivity index is 2.26. The van der Waals surface area contributed by atoms with E-state index in [0.29, 0.717) is 0 Å². The minimum absolute atomic E-state index is 0.791. The first-order valence-corrected chi connectivity index (χ1v) is 14.1. The Labute approximate surface area is 64.4 Å². The molecule has 0 atom stereocenters. The topological polar surface area (TPSA) is 0 Å². The molecule has 0 unspecified atom stereocenters. The van der Waals surface area contributed by atoms with Crippen LogP contribution >= 0.6 is 33.2 Å². The van der Waals surface area contributed by atoms with Crippen molar-refractivity contribution in [1.29, 1.82) is 0 Å². The molecule has 0 radical (unpaired) electrons. The molecule has 3 heteroatoms. The summed E-state index contributed by atoms with van der Waals surface area (Å²) >= 11 is 2.52. The van der Waals surface area contributed by atoms with E-state index in [1.807, 2.05) is 0 Å². The Morgan fingerprint density at radius 2 is 2.33 bits per heavy atom. The van der Waals surface area contributed by atoms with Crippen LogP contribution in [0.3, 0.4) is 0 Å². The van der Waals surface area contributed by atoms with E-state index in [-0.39, 0.29) is 0 Å². The molecule has 0 fully saturated rings. The van der Waals surface area contributed by atoms with Crippen LogP contribution in [0.25, 0.3) is 0 Å². The third-order valence-electron chi connectivity index (χ3n) is 0.458. The van der Waals surface area contributed by atoms with Crippen LogP contribution in [0.15, 0.2) is 0 Å². The molecule has 1 heterocycles. The molecular formula is C3H6I3-. The Morgan fingerprint density at radius 1 is 1.33 bits per heavy atom. The molecule has 0 saturated heterocycles. The van der Waals surface area contributed by atoms with Crippen LogP contribution in [0, 0.1) is 0 Å². The van der Waals surface area contributed by atoms with Gasteiger partial charge in [-0.2, -0.15) is 0 Å². The van der Waals surface area contributed by atoms with E-state index in [1.165, 1.54) is 0 Å². The Hall–Kier alpha value is 2.19. The molecule has 0 aliphatic carbocycles. The molecule has 6 heavy (non-hydrogen) atoms. The van der Waals surface area contributed by atoms with E-state index in [9.17, 15) is 0 Å². The number of halogens is 3. The first kappa shape index (κ1) is 6.31. The summed E-state index contributed by atoms with van der Waals surface area (Å²) in [7, 11) is 0. The molecule has 0 N–H and O–H groups in total. The monoisotopic (exact) mass is 423 g/mol. The molecule has 0 saturated carbocycles. The summed E-state index contributed by atoms with van der Waals surface area (Å²) in [6.07, 6.45) is 0. The number of alkyl halides is 4. The SMILES string of the molecule is C1C[I-]CI=I1. The molecule has 0 aromatic carbocycles. The van der Waals surface area contributed by atoms with Crippen molar-refractivity contribution in [3.05, 3.63) is 0 Å². The second kappa shape index (κ2) is 4.11. The minimum atomic E-state index is 0.791. The normalized spacial score (nSPS) is 25.3. The van der Waals surface area contributed by atoms with Gasteiger partial charge in [0.1, 0.15) is 0 Å². The zero-order chi connectivity index (χ0) is 4.24. The van der Waals surface area contributed by atoms with Crippen molar-refractivity contribution in [3.8, 4) is 0 Å². The maximum atomic E-state index is 1.77. The molecule has 0 bridgehead atoms. The van der Waals surface area contributed by atoms with Crippen molar-refractivity contribution >= 4 is 33.2 Å². The number of rotatable bonds is 0. The molecule has 40 valence electrons. The van der Waals surface area contributed by atoms with Crippen LogP contribution in [0.2, 0.25) is 0 Å². The summed E-state index contributed by atoms with van der Waals surface area (Å²) in [5, 5.41) is 0. The predicted octanol–water partition coefficient (Wildman–Crippen LogP) is -1.10. The summed E-state index contributed by atoms with van der Waals surface area (Å²) in [5.41, 5.74) is 0. The fourth-order valence-corrected chi connectivity index (χ4v) is 31.3. The van der Waals surface area contributed by atoms with E-state index in [2.05, 4.69) is 0 Å². The summed E-state index contributed by atoms with van der Waals surface area (Å²) in [5.74, 6) is 0. The third-order valence-corrected chi connectivity index (χ3v) is 25.3. The number of hydrogen-bond acceptors (Lipinski definition) is 0. The Kier molecular flexibility index (Phi) is 4.32. The molecule has 1 aliphatic heterocycles. The van der Waals surface area contributed by atoms with Gasteiger partial charge in [-0.05, 0) is 0 Å². The van der Waals surface area contributed by atoms with Crippen LogP contribution in [0.5, 0.6) is 0 Å². The summed E-state index contributed by atoms with van der Waals surface area (Å²) in [6.45, 7) is 0. The van der Waals surface area contributed by atoms with E-state index in [4.69, 9.17) is 0 Å². The van der Waals surface area contributed by atoms with Gasteiger partial charge in [0, 0.05) is 0 Å². The maximum absolute atomic E-state index is 1.77. The summed E-state index contributed by atoms with van der Waals surface area (Å²) < 4.78 is 5.16. The van der Waals surface area contributed by atoms with Crippen molar-refractivity contribution in [1.82, 2.24) is 0 Å². The van der Waals surface area contributed by atoms with Crippen molar-refractivity contribution in [2.45, 2.75) is 0 Å². The second-order valence-electron chi connectivity index (χ2n) is 0.870. The van der Waals surface area contributed by atoms with Crippen LogP contribution in [0.1, 0.15) is 0 Å². The molecule has 0 spiro atoms. The van der Waals surface area contributed by atoms with Gasteiger partial charge >= 0.3 is 65.7 Å². The Bertz CT molecular complexity index is 51.1. The van der Waals surface area contributed by atoms with Gasteiger partial charge in [-0.15, -0.1) is 0 Å². The zero-order valence-electron chi connectivity index (χ0n) is 3.26. The van der Waals surface area contributed by atoms with Crippen molar-refractivity contribution in [3.63, 3.8) is 0 Å². The third kappa shape index (κ3) is 2.49. The molecular weight excluding hydrogens is 417 g/mol. The summed E-state index contributed by atoms with van der Waals surface area (Å²) in [6, 6.07) is 0. The fourth-order valence-electron chi connectivity index (χ4n) is 0.233. The van der Waals surface area contributed by atoms with Gasteiger partial charge in [-0.3, -0.25) is 0 Å². The van der Waals surface area contributed by atoms with Crippen LogP contribution < -0.4 is 21.2 Å². The van der Waals surface area contributed by atoms with Crippen LogP contribution in [-0.2, 0) is 0 Å². The van der Waals surface area contributed by atoms with Gasteiger partial charge < -0.3 is 0 Å². The van der Waals surface area contributed by atoms with E-state index in [0.717, 1.165) is 54.4 Å². The molecule has 0 aromatic heterocycles. The zero-order valence-corrected chi connectivity index (χ0v) is 9.73. The van der Waals surface area contributed by atoms with Gasteiger partial charge in [0.15, 0.2) is 0 Å². The van der Waals surface area contributed by atoms with Crippen LogP contribution in [0.4, 0.5) is 0 Å². The standard InChI is InChI=1S/C3H6I3/c1-2-5-6-3-4-1/h1-3H2/q-1. The second-order valence-corrected chi connectivity index (χ2v) is 17.4. The van der Waals surface area contributed by atoms with Crippen LogP contribution in [-0.4, -0.2) is 11.3 Å². The quantitative estimate of drug-likeness (QED) is 0.344. The van der Waals surface area contributed by atoms with Gasteiger partial charge in [0.2, 0.25) is 0 Å². The van der Waals surface area contributed by atoms with Gasteiger partial charge in [0.25, 0.3) is 0 Å². The molecule has 0 amide bonds. The first-order valence-electron chi connectivity index (χ1n) is 1.71. The first-order chi connectivity index (χ1) is 3.00. The van der Waals surface area contributed by atoms with Gasteiger partial charge in [-0.25, -0.2) is 0 Å². The van der Waals surface area contributed by atoms with Gasteiger partial charge in [-0.1, -0.05) is 0 Å². The van der Waals surface area contributed by atoms with E-state index < -0.39 is 0 Å². The van der Waals surface area contributed by atoms with Gasteiger partial charge in [0.05, 0.1) is 0 Å². The average molecular weight is 423 g/mol. The van der Waals surface area contributed by atoms with Crippen molar-refractivity contribution in [2.75, 3.05) is 11.3 Å². The summed E-state index contributed by atoms with van der Waals surface area (Å²) in [4.78, 5) is 0. The molecule has 0 nitrogen and oxygen atoms in total. The Morgan fingerprint density at radius 3 is 2.50 bits per heavy atom. The average Bonchev–Trinajstić information content (AvgIpc) is 1.72. The van der Waals surface area contributed by atoms with Crippen molar-refractivity contribution < 1.29 is 21.2 Å². The predicted molar refractivity (Wildman–Crippen MR) is 42.6 cm³/mol. The van der Waals surface area contributed by atoms with E-state index in [1.54, 1.807) is 11.3 Å². The molecule has 1 aliphatic rings. The fraction of sp³-hybridized carbons (Fsp3) is 1.00. The molecule has 1 rings (SSSR count). The molecule has 0 aromatic rings. The number of hydrogen-bond donors (Lipinski definition) is 0. The van der Waals surface area contributed by atoms with Crippen molar-refractivity contribution in [2.24, 2.45) is 0 Å². The van der Waals surface area contributed by atoms with E-state index >= 15 is 0 Å².